The molecule has 0 radical (unpaired) electrons. The molecule has 1 aromatic rings. The van der Waals surface area contributed by atoms with Crippen LogP contribution in [0.5, 0.6) is 5.75 Å². The lowest BCUT2D eigenvalue weighted by molar-refractivity contribution is -0.384. The topological polar surface area (TPSA) is 116 Å². The molecule has 0 saturated carbocycles. The molecule has 1 aromatic carbocycles. The molecule has 0 bridgehead atoms. The molecule has 7 heteroatoms. The average molecular weight is 254 g/mol. The van der Waals surface area contributed by atoms with Gasteiger partial charge in [-0.15, -0.1) is 0 Å². The lowest BCUT2D eigenvalue weighted by atomic mass is 10.1. The Balaban J connectivity index is 2.81. The van der Waals surface area contributed by atoms with Gasteiger partial charge in [-0.3, -0.25) is 14.9 Å². The fourth-order valence-electron chi connectivity index (χ4n) is 1.20. The molecule has 0 heterocycles. The van der Waals surface area contributed by atoms with E-state index in [2.05, 4.69) is 0 Å². The summed E-state index contributed by atoms with van der Waals surface area (Å²) in [5.41, 5.74) is 4.50. The van der Waals surface area contributed by atoms with Crippen molar-refractivity contribution in [2.24, 2.45) is 5.73 Å². The number of non-ortho nitro benzene ring substituents is 1. The van der Waals surface area contributed by atoms with Gasteiger partial charge in [-0.05, 0) is 25.5 Å². The second-order valence-electron chi connectivity index (χ2n) is 4.22. The summed E-state index contributed by atoms with van der Waals surface area (Å²) in [5.74, 6) is -0.805. The van der Waals surface area contributed by atoms with Gasteiger partial charge in [0.05, 0.1) is 4.92 Å². The normalized spacial score (nSPS) is 13.7. The number of ether oxygens (including phenoxy) is 1. The van der Waals surface area contributed by atoms with E-state index in [1.165, 1.54) is 25.1 Å². The van der Waals surface area contributed by atoms with Crippen LogP contribution < -0.4 is 10.5 Å². The van der Waals surface area contributed by atoms with Crippen LogP contribution in [0.15, 0.2) is 18.2 Å². The largest absolute Gasteiger partial charge is 0.491 e. The lowest BCUT2D eigenvalue weighted by Crippen LogP contribution is -2.50. The van der Waals surface area contributed by atoms with Crippen molar-refractivity contribution in [1.82, 2.24) is 0 Å². The standard InChI is InChI=1S/C11H14N2O5/c1-7-5-8(13(16)17)3-4-9(7)18-6-11(2,12)10(14)15/h3-5H,6,12H2,1-2H3,(H,14,15). The highest BCUT2D eigenvalue weighted by Gasteiger charge is 2.29. The Hall–Kier alpha value is -2.15. The Morgan fingerprint density at radius 2 is 2.22 bits per heavy atom. The predicted molar refractivity (Wildman–Crippen MR) is 63.6 cm³/mol. The molecule has 0 spiro atoms. The maximum absolute atomic E-state index is 10.8. The molecule has 98 valence electrons. The van der Waals surface area contributed by atoms with Crippen LogP contribution in [-0.2, 0) is 4.79 Å². The zero-order valence-electron chi connectivity index (χ0n) is 10.0. The molecule has 3 N–H and O–H groups in total. The van der Waals surface area contributed by atoms with Crippen LogP contribution in [-0.4, -0.2) is 28.1 Å². The summed E-state index contributed by atoms with van der Waals surface area (Å²) in [4.78, 5) is 20.8. The van der Waals surface area contributed by atoms with Crippen LogP contribution in [0.2, 0.25) is 0 Å². The van der Waals surface area contributed by atoms with Crippen LogP contribution in [0.25, 0.3) is 0 Å². The number of benzene rings is 1. The molecule has 1 unspecified atom stereocenters. The molecule has 0 fully saturated rings. The number of nitro groups is 1. The van der Waals surface area contributed by atoms with E-state index in [9.17, 15) is 14.9 Å². The third-order valence-corrected chi connectivity index (χ3v) is 2.39. The van der Waals surface area contributed by atoms with Gasteiger partial charge in [-0.1, -0.05) is 0 Å². The van der Waals surface area contributed by atoms with Crippen LogP contribution in [0.3, 0.4) is 0 Å². The van der Waals surface area contributed by atoms with E-state index in [4.69, 9.17) is 15.6 Å². The zero-order valence-corrected chi connectivity index (χ0v) is 10.0. The Labute approximate surface area is 103 Å². The smallest absolute Gasteiger partial charge is 0.326 e. The molecule has 1 atom stereocenters. The molecule has 0 aliphatic carbocycles. The number of rotatable bonds is 5. The summed E-state index contributed by atoms with van der Waals surface area (Å²) in [5, 5.41) is 19.3. The van der Waals surface area contributed by atoms with Crippen molar-refractivity contribution < 1.29 is 19.6 Å². The van der Waals surface area contributed by atoms with Gasteiger partial charge in [-0.25, -0.2) is 0 Å². The number of nitrogens with two attached hydrogens (primary N) is 1. The van der Waals surface area contributed by atoms with Crippen molar-refractivity contribution in [2.75, 3.05) is 6.61 Å². The minimum atomic E-state index is -1.51. The van der Waals surface area contributed by atoms with Crippen molar-refractivity contribution >= 4 is 11.7 Å². The van der Waals surface area contributed by atoms with Crippen LogP contribution in [0.1, 0.15) is 12.5 Å². The number of aryl methyl sites for hydroxylation is 1. The number of aliphatic carboxylic acids is 1. The van der Waals surface area contributed by atoms with Gasteiger partial charge in [-0.2, -0.15) is 0 Å². The third-order valence-electron chi connectivity index (χ3n) is 2.39. The summed E-state index contributed by atoms with van der Waals surface area (Å²) in [7, 11) is 0. The summed E-state index contributed by atoms with van der Waals surface area (Å²) in [6, 6.07) is 4.06. The van der Waals surface area contributed by atoms with E-state index >= 15 is 0 Å². The monoisotopic (exact) mass is 254 g/mol. The fourth-order valence-corrected chi connectivity index (χ4v) is 1.20. The predicted octanol–water partition coefficient (Wildman–Crippen LogP) is 1.08. The first-order chi connectivity index (χ1) is 8.24. The van der Waals surface area contributed by atoms with E-state index in [-0.39, 0.29) is 12.3 Å². The van der Waals surface area contributed by atoms with Crippen LogP contribution in [0, 0.1) is 17.0 Å². The lowest BCUT2D eigenvalue weighted by Gasteiger charge is -2.20. The second-order valence-corrected chi connectivity index (χ2v) is 4.22. The summed E-state index contributed by atoms with van der Waals surface area (Å²) >= 11 is 0. The average Bonchev–Trinajstić information content (AvgIpc) is 2.26. The minimum absolute atomic E-state index is 0.0476. The van der Waals surface area contributed by atoms with E-state index in [0.29, 0.717) is 11.3 Å². The van der Waals surface area contributed by atoms with E-state index in [1.54, 1.807) is 6.92 Å². The van der Waals surface area contributed by atoms with Gasteiger partial charge in [0, 0.05) is 12.1 Å². The number of carbonyl (C=O) groups is 1. The van der Waals surface area contributed by atoms with E-state index < -0.39 is 16.4 Å². The molecule has 0 aliphatic heterocycles. The van der Waals surface area contributed by atoms with Crippen molar-refractivity contribution in [3.05, 3.63) is 33.9 Å². The Morgan fingerprint density at radius 1 is 1.61 bits per heavy atom. The van der Waals surface area contributed by atoms with Gasteiger partial charge in [0.1, 0.15) is 17.9 Å². The van der Waals surface area contributed by atoms with E-state index in [0.717, 1.165) is 0 Å². The summed E-state index contributed by atoms with van der Waals surface area (Å²) in [6.07, 6.45) is 0. The molecule has 1 rings (SSSR count). The number of nitrogens with zero attached hydrogens (tertiary/aromatic N) is 1. The summed E-state index contributed by atoms with van der Waals surface area (Å²) in [6.45, 7) is 2.74. The Kier molecular flexibility index (Phi) is 3.87. The Bertz CT molecular complexity index is 484. The van der Waals surface area contributed by atoms with Crippen LogP contribution >= 0.6 is 0 Å². The van der Waals surface area contributed by atoms with Crippen molar-refractivity contribution in [2.45, 2.75) is 19.4 Å². The highest BCUT2D eigenvalue weighted by molar-refractivity contribution is 5.78. The van der Waals surface area contributed by atoms with Crippen molar-refractivity contribution in [1.29, 1.82) is 0 Å². The molecular formula is C11H14N2O5. The molecule has 18 heavy (non-hydrogen) atoms. The first-order valence-electron chi connectivity index (χ1n) is 5.14. The molecule has 0 aliphatic rings. The molecule has 7 nitrogen and oxygen atoms in total. The first-order valence-corrected chi connectivity index (χ1v) is 5.14. The van der Waals surface area contributed by atoms with Crippen molar-refractivity contribution in [3.63, 3.8) is 0 Å². The molecule has 0 aromatic heterocycles. The molecule has 0 saturated heterocycles. The summed E-state index contributed by atoms with van der Waals surface area (Å²) < 4.78 is 5.27. The number of nitro benzene ring substituents is 1. The SMILES string of the molecule is Cc1cc([N+](=O)[O-])ccc1OCC(C)(N)C(=O)O. The van der Waals surface area contributed by atoms with Gasteiger partial charge in [0.15, 0.2) is 0 Å². The Morgan fingerprint density at radius 3 is 2.67 bits per heavy atom. The maximum atomic E-state index is 10.8. The molecular weight excluding hydrogens is 240 g/mol. The van der Waals surface area contributed by atoms with Crippen LogP contribution in [0.4, 0.5) is 5.69 Å². The van der Waals surface area contributed by atoms with E-state index in [1.807, 2.05) is 0 Å². The fraction of sp³-hybridized carbons (Fsp3) is 0.364. The number of hydrogen-bond acceptors (Lipinski definition) is 5. The number of carboxylic acids is 1. The minimum Gasteiger partial charge on any atom is -0.491 e. The zero-order chi connectivity index (χ0) is 13.9. The van der Waals surface area contributed by atoms with Gasteiger partial charge < -0.3 is 15.6 Å². The second kappa shape index (κ2) is 5.01. The van der Waals surface area contributed by atoms with Gasteiger partial charge >= 0.3 is 5.97 Å². The quantitative estimate of drug-likeness (QED) is 0.600. The highest BCUT2D eigenvalue weighted by Crippen LogP contribution is 2.23. The first kappa shape index (κ1) is 13.9. The maximum Gasteiger partial charge on any atom is 0.326 e. The third kappa shape index (κ3) is 3.17. The number of carboxylic acid groups (broad SMARTS) is 1. The molecule has 0 amide bonds. The van der Waals surface area contributed by atoms with Gasteiger partial charge in [0.25, 0.3) is 5.69 Å². The number of hydrogen-bond donors (Lipinski definition) is 2. The van der Waals surface area contributed by atoms with Crippen molar-refractivity contribution in [3.8, 4) is 5.75 Å². The van der Waals surface area contributed by atoms with Gasteiger partial charge in [0.2, 0.25) is 0 Å². The highest BCUT2D eigenvalue weighted by atomic mass is 16.6.